The second kappa shape index (κ2) is 44.7. The van der Waals surface area contributed by atoms with E-state index in [1.54, 1.807) is 0 Å². The minimum Gasteiger partial charge on any atom is -0.462 e. The van der Waals surface area contributed by atoms with E-state index in [2.05, 4.69) is 38.2 Å². The molecule has 0 aromatic rings. The highest BCUT2D eigenvalue weighted by Crippen LogP contribution is 2.18. The number of aliphatic hydroxyl groups is 2. The summed E-state index contributed by atoms with van der Waals surface area (Å²) >= 11 is 0. The molecule has 0 aliphatic carbocycles. The molecule has 3 atom stereocenters. The first kappa shape index (κ1) is 54.6. The van der Waals surface area contributed by atoms with Crippen molar-refractivity contribution >= 4 is 11.9 Å². The quantitative estimate of drug-likeness (QED) is 0.0324. The van der Waals surface area contributed by atoms with Crippen molar-refractivity contribution in [2.24, 2.45) is 0 Å². The average molecular weight is 792 g/mol. The first-order chi connectivity index (χ1) is 27.5. The zero-order valence-electron chi connectivity index (χ0n) is 37.8. The van der Waals surface area contributed by atoms with Gasteiger partial charge in [0, 0.05) is 6.42 Å². The molecule has 0 saturated heterocycles. The molecule has 332 valence electrons. The van der Waals surface area contributed by atoms with Crippen molar-refractivity contribution in [2.45, 2.75) is 289 Å². The Kier molecular flexibility index (Phi) is 43.6. The first-order valence-electron chi connectivity index (χ1n) is 24.9. The lowest BCUT2D eigenvalue weighted by Gasteiger charge is -2.24. The number of carbonyl (C=O) groups is 2. The zero-order chi connectivity index (χ0) is 41.0. The third kappa shape index (κ3) is 39.4. The minimum atomic E-state index is -0.781. The van der Waals surface area contributed by atoms with Crippen molar-refractivity contribution in [1.29, 1.82) is 0 Å². The number of unbranched alkanes of at least 4 members (excludes halogenated alkanes) is 31. The molecule has 0 saturated carbocycles. The number of esters is 1. The van der Waals surface area contributed by atoms with Crippen LogP contribution in [0.5, 0.6) is 0 Å². The van der Waals surface area contributed by atoms with Crippen molar-refractivity contribution in [3.05, 3.63) is 12.2 Å². The standard InChI is InChI=1S/C50H97NO5/c1-4-7-10-13-16-19-21-23-24-25-27-29-31-34-37-40-43-50(55)56-46(41-38-35-32-18-15-12-9-6-3)44-49(54)51-47(45-52)48(53)42-39-36-33-30-28-26-22-20-17-14-11-8-5-2/h24-25,46-48,52-53H,4-23,26-45H2,1-3H3,(H,51,54)/b25-24+. The smallest absolute Gasteiger partial charge is 0.306 e. The maximum absolute atomic E-state index is 13.1. The van der Waals surface area contributed by atoms with Crippen LogP contribution in [0.3, 0.4) is 0 Å². The van der Waals surface area contributed by atoms with Crippen molar-refractivity contribution in [2.75, 3.05) is 6.61 Å². The molecule has 3 N–H and O–H groups in total. The van der Waals surface area contributed by atoms with Crippen LogP contribution in [0.15, 0.2) is 12.2 Å². The molecule has 0 aromatic carbocycles. The topological polar surface area (TPSA) is 95.9 Å². The SMILES string of the molecule is CCCCCCCCC/C=C/CCCCCCCC(=O)OC(CCCCCCCCCC)CC(=O)NC(CO)C(O)CCCCCCCCCCCCCCC. The number of aliphatic hydroxyl groups excluding tert-OH is 2. The lowest BCUT2D eigenvalue weighted by molar-refractivity contribution is -0.151. The predicted octanol–water partition coefficient (Wildman–Crippen LogP) is 14.6. The highest BCUT2D eigenvalue weighted by Gasteiger charge is 2.24. The van der Waals surface area contributed by atoms with Crippen LogP contribution in [-0.2, 0) is 14.3 Å². The van der Waals surface area contributed by atoms with Crippen LogP contribution >= 0.6 is 0 Å². The van der Waals surface area contributed by atoms with Crippen LogP contribution in [0.1, 0.15) is 271 Å². The molecule has 6 nitrogen and oxygen atoms in total. The fraction of sp³-hybridized carbons (Fsp3) is 0.920. The van der Waals surface area contributed by atoms with Crippen LogP contribution in [0.25, 0.3) is 0 Å². The lowest BCUT2D eigenvalue weighted by Crippen LogP contribution is -2.46. The molecule has 56 heavy (non-hydrogen) atoms. The summed E-state index contributed by atoms with van der Waals surface area (Å²) < 4.78 is 5.90. The predicted molar refractivity (Wildman–Crippen MR) is 241 cm³/mol. The molecular formula is C50H97NO5. The fourth-order valence-electron chi connectivity index (χ4n) is 7.78. The summed E-state index contributed by atoms with van der Waals surface area (Å²) in [6, 6.07) is -0.695. The van der Waals surface area contributed by atoms with Gasteiger partial charge in [0.05, 0.1) is 25.2 Å². The summed E-state index contributed by atoms with van der Waals surface area (Å²) in [5.74, 6) is -0.473. The van der Waals surface area contributed by atoms with Crippen molar-refractivity contribution in [1.82, 2.24) is 5.32 Å². The van der Waals surface area contributed by atoms with Gasteiger partial charge in [-0.05, 0) is 51.4 Å². The summed E-state index contributed by atoms with van der Waals surface area (Å²) in [6.07, 6.45) is 48.5. The number of ether oxygens (including phenoxy) is 1. The second-order valence-electron chi connectivity index (χ2n) is 17.2. The number of allylic oxidation sites excluding steroid dienone is 2. The number of hydrogen-bond acceptors (Lipinski definition) is 5. The Bertz CT molecular complexity index is 847. The molecule has 0 fully saturated rings. The summed E-state index contributed by atoms with van der Waals surface area (Å²) in [6.45, 7) is 6.47. The van der Waals surface area contributed by atoms with Gasteiger partial charge in [-0.3, -0.25) is 9.59 Å². The molecule has 0 radical (unpaired) electrons. The van der Waals surface area contributed by atoms with Gasteiger partial charge in [-0.2, -0.15) is 0 Å². The van der Waals surface area contributed by atoms with Crippen LogP contribution in [-0.4, -0.2) is 46.9 Å². The van der Waals surface area contributed by atoms with Gasteiger partial charge in [0.1, 0.15) is 6.10 Å². The Balaban J connectivity index is 4.41. The number of nitrogens with one attached hydrogen (secondary N) is 1. The van der Waals surface area contributed by atoms with Gasteiger partial charge in [0.25, 0.3) is 0 Å². The Hall–Kier alpha value is -1.40. The summed E-state index contributed by atoms with van der Waals surface area (Å²) in [5, 5.41) is 23.7. The fourth-order valence-corrected chi connectivity index (χ4v) is 7.78. The summed E-state index contributed by atoms with van der Waals surface area (Å²) in [7, 11) is 0. The van der Waals surface area contributed by atoms with Gasteiger partial charge < -0.3 is 20.3 Å². The average Bonchev–Trinajstić information content (AvgIpc) is 3.19. The highest BCUT2D eigenvalue weighted by atomic mass is 16.5. The van der Waals surface area contributed by atoms with E-state index in [-0.39, 0.29) is 24.9 Å². The van der Waals surface area contributed by atoms with Crippen LogP contribution in [0.4, 0.5) is 0 Å². The van der Waals surface area contributed by atoms with E-state index < -0.39 is 18.2 Å². The number of rotatable bonds is 45. The third-order valence-corrected chi connectivity index (χ3v) is 11.6. The lowest BCUT2D eigenvalue weighted by atomic mass is 10.0. The van der Waals surface area contributed by atoms with Crippen molar-refractivity contribution in [3.8, 4) is 0 Å². The Morgan fingerprint density at radius 3 is 1.27 bits per heavy atom. The van der Waals surface area contributed by atoms with E-state index >= 15 is 0 Å². The number of amides is 1. The molecule has 3 unspecified atom stereocenters. The van der Waals surface area contributed by atoms with Crippen LogP contribution in [0, 0.1) is 0 Å². The Labute approximate surface area is 349 Å². The van der Waals surface area contributed by atoms with Gasteiger partial charge >= 0.3 is 5.97 Å². The van der Waals surface area contributed by atoms with Crippen molar-refractivity contribution in [3.63, 3.8) is 0 Å². The molecule has 6 heteroatoms. The molecule has 0 aromatic heterocycles. The largest absolute Gasteiger partial charge is 0.462 e. The normalized spacial score (nSPS) is 13.3. The maximum Gasteiger partial charge on any atom is 0.306 e. The monoisotopic (exact) mass is 792 g/mol. The molecule has 0 bridgehead atoms. The summed E-state index contributed by atoms with van der Waals surface area (Å²) in [5.41, 5.74) is 0. The van der Waals surface area contributed by atoms with Gasteiger partial charge in [-0.25, -0.2) is 0 Å². The molecule has 0 spiro atoms. The van der Waals surface area contributed by atoms with Gasteiger partial charge in [-0.15, -0.1) is 0 Å². The molecule has 0 heterocycles. The Morgan fingerprint density at radius 2 is 0.857 bits per heavy atom. The molecular weight excluding hydrogens is 695 g/mol. The van der Waals surface area contributed by atoms with E-state index in [0.29, 0.717) is 19.3 Å². The van der Waals surface area contributed by atoms with Crippen LogP contribution in [0.2, 0.25) is 0 Å². The molecule has 0 rings (SSSR count). The second-order valence-corrected chi connectivity index (χ2v) is 17.2. The van der Waals surface area contributed by atoms with E-state index in [4.69, 9.17) is 4.74 Å². The summed E-state index contributed by atoms with van der Waals surface area (Å²) in [4.78, 5) is 26.0. The molecule has 1 amide bonds. The van der Waals surface area contributed by atoms with E-state index in [9.17, 15) is 19.8 Å². The number of hydrogen-bond donors (Lipinski definition) is 3. The molecule has 0 aliphatic rings. The maximum atomic E-state index is 13.1. The highest BCUT2D eigenvalue weighted by molar-refractivity contribution is 5.77. The van der Waals surface area contributed by atoms with Gasteiger partial charge in [-0.1, -0.05) is 219 Å². The zero-order valence-corrected chi connectivity index (χ0v) is 37.8. The van der Waals surface area contributed by atoms with Gasteiger partial charge in [0.15, 0.2) is 0 Å². The molecule has 0 aliphatic heterocycles. The van der Waals surface area contributed by atoms with Crippen LogP contribution < -0.4 is 5.32 Å². The minimum absolute atomic E-state index is 0.0800. The van der Waals surface area contributed by atoms with Gasteiger partial charge in [0.2, 0.25) is 5.91 Å². The first-order valence-corrected chi connectivity index (χ1v) is 24.9. The Morgan fingerprint density at radius 1 is 0.500 bits per heavy atom. The third-order valence-electron chi connectivity index (χ3n) is 11.6. The van der Waals surface area contributed by atoms with E-state index in [1.165, 1.54) is 173 Å². The number of carbonyl (C=O) groups excluding carboxylic acids is 2. The van der Waals surface area contributed by atoms with E-state index in [0.717, 1.165) is 51.4 Å². The van der Waals surface area contributed by atoms with E-state index in [1.807, 2.05) is 0 Å². The van der Waals surface area contributed by atoms with Crippen molar-refractivity contribution < 1.29 is 24.5 Å².